The van der Waals surface area contributed by atoms with E-state index in [0.717, 1.165) is 36.1 Å². The van der Waals surface area contributed by atoms with E-state index in [1.807, 2.05) is 11.8 Å². The Hall–Kier alpha value is -6.20. The van der Waals surface area contributed by atoms with E-state index in [4.69, 9.17) is 17.3 Å². The van der Waals surface area contributed by atoms with Crippen LogP contribution in [0.15, 0.2) is 61.1 Å². The van der Waals surface area contributed by atoms with E-state index in [1.165, 1.54) is 51.7 Å². The van der Waals surface area contributed by atoms with E-state index in [1.54, 1.807) is 42.4 Å². The Balaban J connectivity index is 0.977. The number of pyridine rings is 1. The zero-order valence-corrected chi connectivity index (χ0v) is 35.5. The van der Waals surface area contributed by atoms with Crippen molar-refractivity contribution in [2.75, 3.05) is 70.1 Å². The lowest BCUT2D eigenvalue weighted by Gasteiger charge is -2.40. The molecule has 5 amide bonds. The van der Waals surface area contributed by atoms with Gasteiger partial charge in [0, 0.05) is 92.8 Å². The fourth-order valence-electron chi connectivity index (χ4n) is 7.94. The molecular weight excluding hydrogens is 808 g/mol. The van der Waals surface area contributed by atoms with Gasteiger partial charge in [-0.15, -0.1) is 0 Å². The van der Waals surface area contributed by atoms with Crippen LogP contribution in [0.25, 0.3) is 22.4 Å². The summed E-state index contributed by atoms with van der Waals surface area (Å²) in [5.74, 6) is -3.05. The van der Waals surface area contributed by atoms with Crippen LogP contribution in [0.3, 0.4) is 0 Å². The molecular formula is C43H49ClF2N11O4+. The highest BCUT2D eigenvalue weighted by atomic mass is 35.5. The molecule has 0 spiro atoms. The number of likely N-dealkylation sites (tertiary alicyclic amines) is 1. The van der Waals surface area contributed by atoms with Gasteiger partial charge in [-0.25, -0.2) is 18.6 Å². The van der Waals surface area contributed by atoms with Crippen LogP contribution in [0.5, 0.6) is 0 Å². The number of quaternary nitrogens is 1. The fraction of sp³-hybridized carbons (Fsp3) is 0.372. The lowest BCUT2D eigenvalue weighted by molar-refractivity contribution is -0.895. The lowest BCUT2D eigenvalue weighted by Crippen LogP contribution is -2.54. The zero-order valence-electron chi connectivity index (χ0n) is 34.8. The van der Waals surface area contributed by atoms with Crippen molar-refractivity contribution in [3.05, 3.63) is 100 Å². The van der Waals surface area contributed by atoms with Gasteiger partial charge in [-0.05, 0) is 50.2 Å². The summed E-state index contributed by atoms with van der Waals surface area (Å²) in [5, 5.41) is 7.30. The van der Waals surface area contributed by atoms with Gasteiger partial charge in [-0.3, -0.25) is 28.9 Å². The molecule has 3 aromatic heterocycles. The Labute approximate surface area is 357 Å². The van der Waals surface area contributed by atoms with Gasteiger partial charge in [0.25, 0.3) is 11.8 Å². The van der Waals surface area contributed by atoms with Crippen molar-refractivity contribution in [2.45, 2.75) is 33.2 Å². The van der Waals surface area contributed by atoms with Crippen LogP contribution >= 0.6 is 11.6 Å². The van der Waals surface area contributed by atoms with Gasteiger partial charge in [0.2, 0.25) is 5.91 Å². The van der Waals surface area contributed by atoms with Crippen molar-refractivity contribution >= 4 is 46.7 Å². The molecule has 5 heterocycles. The molecule has 0 unspecified atom stereocenters. The van der Waals surface area contributed by atoms with E-state index in [9.17, 15) is 19.2 Å². The van der Waals surface area contributed by atoms with Crippen molar-refractivity contribution in [1.82, 2.24) is 34.1 Å². The Bertz CT molecular complexity index is 2490. The first-order valence-electron chi connectivity index (χ1n) is 20.1. The third-order valence-electron chi connectivity index (χ3n) is 11.7. The quantitative estimate of drug-likeness (QED) is 0.175. The summed E-state index contributed by atoms with van der Waals surface area (Å²) in [4.78, 5) is 65.5. The number of anilines is 2. The second kappa shape index (κ2) is 17.4. The fourth-order valence-corrected chi connectivity index (χ4v) is 8.20. The van der Waals surface area contributed by atoms with Crippen molar-refractivity contribution in [3.63, 3.8) is 0 Å². The number of piperazine rings is 1. The summed E-state index contributed by atoms with van der Waals surface area (Å²) in [5.41, 5.74) is 8.29. The normalized spacial score (nSPS) is 15.5. The van der Waals surface area contributed by atoms with Gasteiger partial charge in [-0.1, -0.05) is 17.7 Å². The zero-order chi connectivity index (χ0) is 43.7. The number of carbonyl (C=O) groups is 4. The number of hydrogen-bond donors (Lipinski definition) is 2. The van der Waals surface area contributed by atoms with Crippen molar-refractivity contribution in [1.29, 1.82) is 0 Å². The first-order chi connectivity index (χ1) is 29.0. The molecule has 0 aliphatic carbocycles. The highest BCUT2D eigenvalue weighted by Crippen LogP contribution is 2.33. The molecule has 15 nitrogen and oxygen atoms in total. The van der Waals surface area contributed by atoms with Gasteiger partial charge in [0.15, 0.2) is 17.5 Å². The van der Waals surface area contributed by atoms with Gasteiger partial charge < -0.3 is 29.9 Å². The van der Waals surface area contributed by atoms with Gasteiger partial charge in [0.05, 0.1) is 73.8 Å². The summed E-state index contributed by atoms with van der Waals surface area (Å²) < 4.78 is 35.5. The second-order valence-corrected chi connectivity index (χ2v) is 16.7. The Kier molecular flexibility index (Phi) is 12.3. The highest BCUT2D eigenvalue weighted by molar-refractivity contribution is 6.34. The molecule has 2 fully saturated rings. The maximum Gasteiger partial charge on any atom is 0.319 e. The van der Waals surface area contributed by atoms with E-state index < -0.39 is 23.6 Å². The highest BCUT2D eigenvalue weighted by Gasteiger charge is 2.35. The second-order valence-electron chi connectivity index (χ2n) is 16.3. The Morgan fingerprint density at radius 3 is 2.23 bits per heavy atom. The number of nitrogens with two attached hydrogens (primary N) is 1. The smallest absolute Gasteiger partial charge is 0.319 e. The van der Waals surface area contributed by atoms with E-state index in [-0.39, 0.29) is 64.1 Å². The number of carbonyl (C=O) groups excluding carboxylic acids is 4. The molecule has 2 saturated heterocycles. The summed E-state index contributed by atoms with van der Waals surface area (Å²) in [7, 11) is 5.87. The minimum atomic E-state index is -1.14. The molecule has 18 heteroatoms. The first kappa shape index (κ1) is 42.9. The molecule has 0 radical (unpaired) electrons. The molecule has 2 aromatic carbocycles. The van der Waals surface area contributed by atoms with Crippen molar-refractivity contribution in [3.8, 4) is 22.4 Å². The molecule has 61 heavy (non-hydrogen) atoms. The average Bonchev–Trinajstić information content (AvgIpc) is 3.80. The number of hydrogen-bond acceptors (Lipinski definition) is 7. The van der Waals surface area contributed by atoms with E-state index >= 15 is 8.78 Å². The third kappa shape index (κ3) is 9.12. The Morgan fingerprint density at radius 1 is 0.902 bits per heavy atom. The van der Waals surface area contributed by atoms with Crippen LogP contribution in [0, 0.1) is 31.4 Å². The minimum Gasteiger partial charge on any atom is -0.351 e. The summed E-state index contributed by atoms with van der Waals surface area (Å²) in [6.45, 7) is 7.49. The number of benzene rings is 2. The van der Waals surface area contributed by atoms with Gasteiger partial charge in [-0.2, -0.15) is 5.10 Å². The number of nitrogens with zero attached hydrogens (tertiary/aromatic N) is 9. The average molecular weight is 857 g/mol. The molecule has 0 saturated carbocycles. The van der Waals surface area contributed by atoms with E-state index in [2.05, 4.69) is 34.5 Å². The first-order valence-corrected chi connectivity index (χ1v) is 20.4. The lowest BCUT2D eigenvalue weighted by atomic mass is 9.94. The topological polar surface area (TPSA) is 165 Å². The molecule has 320 valence electrons. The van der Waals surface area contributed by atoms with E-state index in [0.29, 0.717) is 48.8 Å². The standard InChI is InChI=1S/C43H48ClF2N11O4/c1-26-6-8-30(23-48-26)56(43(47)61)19-18-55-25-34(27(2)51-55)31-10-11-33(38(46)37(31)45)36-24-49-39(52(36)3)40(58)50-29-7-9-32(35(44)22-29)42(60)54-16-14-53(15-17-54)41(59)28-12-20-57(4,5)21-13-28/h6-11,22-25,28H,12-21H2,1-5H3,(H2-,47,50,58,60,61)/p+1. The third-order valence-corrected chi connectivity index (χ3v) is 12.0. The van der Waals surface area contributed by atoms with Crippen LogP contribution in [0.2, 0.25) is 5.02 Å². The monoisotopic (exact) mass is 856 g/mol. The predicted octanol–water partition coefficient (Wildman–Crippen LogP) is 5.50. The number of urea groups is 1. The maximum atomic E-state index is 15.8. The van der Waals surface area contributed by atoms with Crippen LogP contribution < -0.4 is 16.0 Å². The number of aryl methyl sites for hydroxylation is 2. The molecule has 2 aliphatic heterocycles. The van der Waals surface area contributed by atoms with Gasteiger partial charge in [0.1, 0.15) is 0 Å². The number of rotatable bonds is 10. The number of aromatic nitrogens is 5. The van der Waals surface area contributed by atoms with Crippen LogP contribution in [0.1, 0.15) is 45.2 Å². The molecule has 5 aromatic rings. The number of halogens is 3. The number of piperidine rings is 1. The van der Waals surface area contributed by atoms with Crippen molar-refractivity contribution in [2.24, 2.45) is 18.7 Å². The SMILES string of the molecule is Cc1ccc(N(CCn2cc(-c3ccc(-c4cnc(C(=O)Nc5ccc(C(=O)N6CCN(C(=O)C7CC[N+](C)(C)CC7)CC6)c(Cl)c5)n4C)c(F)c3F)c(C)n2)C(N)=O)cn1. The summed E-state index contributed by atoms with van der Waals surface area (Å²) in [6.07, 6.45) is 6.13. The van der Waals surface area contributed by atoms with Crippen LogP contribution in [0.4, 0.5) is 25.0 Å². The van der Waals surface area contributed by atoms with Crippen LogP contribution in [-0.2, 0) is 18.4 Å². The number of imidazole rings is 1. The predicted molar refractivity (Wildman–Crippen MR) is 227 cm³/mol. The molecule has 2 aliphatic rings. The van der Waals surface area contributed by atoms with Gasteiger partial charge >= 0.3 is 6.03 Å². The molecule has 0 atom stereocenters. The van der Waals surface area contributed by atoms with Crippen LogP contribution in [-0.4, -0.2) is 122 Å². The van der Waals surface area contributed by atoms with Crippen molar-refractivity contribution < 1.29 is 32.4 Å². The molecule has 7 rings (SSSR count). The number of primary amides is 1. The Morgan fingerprint density at radius 2 is 1.57 bits per heavy atom. The maximum absolute atomic E-state index is 15.8. The summed E-state index contributed by atoms with van der Waals surface area (Å²) >= 11 is 6.57. The number of nitrogens with one attached hydrogen (secondary N) is 1. The largest absolute Gasteiger partial charge is 0.351 e. The molecule has 0 bridgehead atoms. The summed E-state index contributed by atoms with van der Waals surface area (Å²) in [6, 6.07) is 10.2. The number of amides is 5. The minimum absolute atomic E-state index is 0.0193. The molecule has 3 N–H and O–H groups in total.